The highest BCUT2D eigenvalue weighted by molar-refractivity contribution is 5.81. The van der Waals surface area contributed by atoms with E-state index < -0.39 is 17.7 Å². The normalized spacial score (nSPS) is 20.0. The number of carboxylic acid groups (broad SMARTS) is 1. The summed E-state index contributed by atoms with van der Waals surface area (Å²) in [5.41, 5.74) is 3.25. The maximum Gasteiger partial charge on any atom is 0.407 e. The lowest BCUT2D eigenvalue weighted by Crippen LogP contribution is -2.56. The van der Waals surface area contributed by atoms with Crippen LogP contribution in [0.4, 0.5) is 4.79 Å². The van der Waals surface area contributed by atoms with Crippen LogP contribution in [0.25, 0.3) is 11.1 Å². The number of fused-ring (bicyclic) bond motifs is 3. The summed E-state index contributed by atoms with van der Waals surface area (Å²) in [5, 5.41) is 12.2. The lowest BCUT2D eigenvalue weighted by molar-refractivity contribution is -0.177. The van der Waals surface area contributed by atoms with Crippen LogP contribution < -0.4 is 5.32 Å². The standard InChI is InChI=1S/C27H32N2O6/c1-3-18(14-24(30)29-12-13-35-27(2,17-29)25(31)32)15-28-26(33)34-16-23-21-10-6-4-8-19(21)20-9-5-7-11-22(20)23/h4-11,18,23H,3,12-17H2,1-2H3,(H,28,33)(H,31,32). The number of nitrogens with zero attached hydrogens (tertiary/aromatic N) is 1. The van der Waals surface area contributed by atoms with Crippen molar-refractivity contribution in [2.75, 3.05) is 32.8 Å². The molecule has 0 spiro atoms. The summed E-state index contributed by atoms with van der Waals surface area (Å²) in [6.45, 7) is 4.53. The van der Waals surface area contributed by atoms with Gasteiger partial charge in [-0.15, -0.1) is 0 Å². The molecule has 2 unspecified atom stereocenters. The zero-order valence-corrected chi connectivity index (χ0v) is 20.2. The van der Waals surface area contributed by atoms with Gasteiger partial charge in [-0.25, -0.2) is 9.59 Å². The van der Waals surface area contributed by atoms with Gasteiger partial charge in [0.25, 0.3) is 0 Å². The fourth-order valence-corrected chi connectivity index (χ4v) is 4.83. The smallest absolute Gasteiger partial charge is 0.407 e. The summed E-state index contributed by atoms with van der Waals surface area (Å²) in [4.78, 5) is 38.3. The molecule has 4 rings (SSSR count). The van der Waals surface area contributed by atoms with Crippen LogP contribution in [0.1, 0.15) is 43.7 Å². The van der Waals surface area contributed by atoms with E-state index in [1.54, 1.807) is 0 Å². The highest BCUT2D eigenvalue weighted by Gasteiger charge is 2.41. The van der Waals surface area contributed by atoms with Gasteiger partial charge < -0.3 is 24.8 Å². The number of rotatable bonds is 8. The largest absolute Gasteiger partial charge is 0.479 e. The van der Waals surface area contributed by atoms with Crippen LogP contribution in [-0.4, -0.2) is 66.4 Å². The average Bonchev–Trinajstić information content (AvgIpc) is 3.18. The summed E-state index contributed by atoms with van der Waals surface area (Å²) in [5.74, 6) is -1.32. The molecule has 2 amide bonds. The van der Waals surface area contributed by atoms with Crippen molar-refractivity contribution in [3.05, 3.63) is 59.7 Å². The van der Waals surface area contributed by atoms with Crippen LogP contribution in [0.2, 0.25) is 0 Å². The van der Waals surface area contributed by atoms with Gasteiger partial charge in [-0.3, -0.25) is 4.79 Å². The lowest BCUT2D eigenvalue weighted by atomic mass is 9.98. The van der Waals surface area contributed by atoms with Gasteiger partial charge in [0.05, 0.1) is 13.2 Å². The van der Waals surface area contributed by atoms with Gasteiger partial charge in [-0.05, 0) is 35.1 Å². The van der Waals surface area contributed by atoms with Gasteiger partial charge in [0.15, 0.2) is 5.60 Å². The third kappa shape index (κ3) is 5.32. The van der Waals surface area contributed by atoms with Crippen molar-refractivity contribution in [2.24, 2.45) is 5.92 Å². The van der Waals surface area contributed by atoms with Crippen molar-refractivity contribution in [1.82, 2.24) is 10.2 Å². The van der Waals surface area contributed by atoms with Crippen molar-refractivity contribution >= 4 is 18.0 Å². The monoisotopic (exact) mass is 480 g/mol. The first-order chi connectivity index (χ1) is 16.8. The molecule has 2 N–H and O–H groups in total. The molecule has 2 aromatic carbocycles. The van der Waals surface area contributed by atoms with E-state index in [0.29, 0.717) is 19.5 Å². The molecule has 0 radical (unpaired) electrons. The third-order valence-corrected chi connectivity index (χ3v) is 7.00. The number of alkyl carbamates (subject to hydrolysis) is 1. The Morgan fingerprint density at radius 1 is 1.14 bits per heavy atom. The molecule has 1 saturated heterocycles. The van der Waals surface area contributed by atoms with Crippen LogP contribution >= 0.6 is 0 Å². The van der Waals surface area contributed by atoms with E-state index in [9.17, 15) is 19.5 Å². The molecule has 186 valence electrons. The average molecular weight is 481 g/mol. The van der Waals surface area contributed by atoms with Crippen molar-refractivity contribution in [2.45, 2.75) is 38.2 Å². The SMILES string of the molecule is CCC(CNC(=O)OCC1c2ccccc2-c2ccccc21)CC(=O)N1CCOC(C)(C(=O)O)C1. The topological polar surface area (TPSA) is 105 Å². The van der Waals surface area contributed by atoms with Gasteiger partial charge in [0.2, 0.25) is 5.91 Å². The zero-order chi connectivity index (χ0) is 25.0. The molecule has 0 bridgehead atoms. The number of morpholine rings is 1. The highest BCUT2D eigenvalue weighted by atomic mass is 16.5. The second-order valence-corrected chi connectivity index (χ2v) is 9.38. The van der Waals surface area contributed by atoms with Crippen molar-refractivity contribution in [3.63, 3.8) is 0 Å². The number of aliphatic carboxylic acids is 1. The number of benzene rings is 2. The second kappa shape index (κ2) is 10.5. The van der Waals surface area contributed by atoms with Gasteiger partial charge in [0, 0.05) is 25.4 Å². The number of nitrogens with one attached hydrogen (secondary N) is 1. The van der Waals surface area contributed by atoms with Gasteiger partial charge in [-0.1, -0.05) is 61.9 Å². The molecule has 0 aromatic heterocycles. The Kier molecular flexibility index (Phi) is 7.40. The summed E-state index contributed by atoms with van der Waals surface area (Å²) < 4.78 is 10.9. The van der Waals surface area contributed by atoms with Crippen molar-refractivity contribution in [3.8, 4) is 11.1 Å². The number of carbonyl (C=O) groups is 3. The maximum atomic E-state index is 12.8. The summed E-state index contributed by atoms with van der Waals surface area (Å²) >= 11 is 0. The van der Waals surface area contributed by atoms with E-state index in [-0.39, 0.29) is 43.9 Å². The van der Waals surface area contributed by atoms with Crippen LogP contribution in [0.3, 0.4) is 0 Å². The zero-order valence-electron chi connectivity index (χ0n) is 20.2. The number of carbonyl (C=O) groups excluding carboxylic acids is 2. The Morgan fingerprint density at radius 2 is 1.77 bits per heavy atom. The minimum Gasteiger partial charge on any atom is -0.479 e. The molecule has 35 heavy (non-hydrogen) atoms. The number of ether oxygens (including phenoxy) is 2. The molecule has 8 nitrogen and oxygen atoms in total. The molecule has 1 aliphatic carbocycles. The fourth-order valence-electron chi connectivity index (χ4n) is 4.83. The minimum atomic E-state index is -1.39. The maximum absolute atomic E-state index is 12.8. The third-order valence-electron chi connectivity index (χ3n) is 7.00. The number of hydrogen-bond acceptors (Lipinski definition) is 5. The van der Waals surface area contributed by atoms with Crippen molar-refractivity contribution < 1.29 is 29.0 Å². The molecule has 2 aromatic rings. The summed E-state index contributed by atoms with van der Waals surface area (Å²) in [7, 11) is 0. The molecule has 8 heteroatoms. The molecule has 1 aliphatic heterocycles. The summed E-state index contributed by atoms with van der Waals surface area (Å²) in [6.07, 6.45) is 0.397. The Hall–Kier alpha value is -3.39. The molecule has 0 saturated carbocycles. The Labute approximate surface area is 205 Å². The molecule has 1 heterocycles. The van der Waals surface area contributed by atoms with Crippen LogP contribution in [0.5, 0.6) is 0 Å². The number of carboxylic acids is 1. The molecular weight excluding hydrogens is 448 g/mol. The summed E-state index contributed by atoms with van der Waals surface area (Å²) in [6, 6.07) is 16.3. The van der Waals surface area contributed by atoms with Crippen LogP contribution in [0.15, 0.2) is 48.5 Å². The number of hydrogen-bond donors (Lipinski definition) is 2. The van der Waals surface area contributed by atoms with Crippen molar-refractivity contribution in [1.29, 1.82) is 0 Å². The predicted molar refractivity (Wildman–Crippen MR) is 130 cm³/mol. The van der Waals surface area contributed by atoms with Gasteiger partial charge in [-0.2, -0.15) is 0 Å². The van der Waals surface area contributed by atoms with Gasteiger partial charge >= 0.3 is 12.1 Å². The van der Waals surface area contributed by atoms with E-state index in [1.807, 2.05) is 31.2 Å². The Bertz CT molecular complexity index is 1060. The van der Waals surface area contributed by atoms with E-state index in [0.717, 1.165) is 11.1 Å². The minimum absolute atomic E-state index is 0.0113. The van der Waals surface area contributed by atoms with Crippen LogP contribution in [-0.2, 0) is 19.1 Å². The fraction of sp³-hybridized carbons (Fsp3) is 0.444. The quantitative estimate of drug-likeness (QED) is 0.598. The Balaban J connectivity index is 1.28. The molecule has 2 aliphatic rings. The van der Waals surface area contributed by atoms with E-state index >= 15 is 0 Å². The van der Waals surface area contributed by atoms with E-state index in [4.69, 9.17) is 9.47 Å². The second-order valence-electron chi connectivity index (χ2n) is 9.38. The Morgan fingerprint density at radius 3 is 2.37 bits per heavy atom. The highest BCUT2D eigenvalue weighted by Crippen LogP contribution is 2.44. The number of amides is 2. The van der Waals surface area contributed by atoms with E-state index in [1.165, 1.54) is 23.0 Å². The predicted octanol–water partition coefficient (Wildman–Crippen LogP) is 3.64. The first-order valence-electron chi connectivity index (χ1n) is 12.1. The lowest BCUT2D eigenvalue weighted by Gasteiger charge is -2.38. The molecular formula is C27H32N2O6. The van der Waals surface area contributed by atoms with Crippen LogP contribution in [0, 0.1) is 5.92 Å². The van der Waals surface area contributed by atoms with Gasteiger partial charge in [0.1, 0.15) is 6.61 Å². The van der Waals surface area contributed by atoms with E-state index in [2.05, 4.69) is 29.6 Å². The first kappa shape index (κ1) is 24.7. The first-order valence-corrected chi connectivity index (χ1v) is 12.1. The molecule has 2 atom stereocenters. The molecule has 1 fully saturated rings.